The van der Waals surface area contributed by atoms with E-state index < -0.39 is 12.5 Å². The van der Waals surface area contributed by atoms with Gasteiger partial charge in [0.05, 0.1) is 19.2 Å². The smallest absolute Gasteiger partial charge is 0.266 e. The van der Waals surface area contributed by atoms with Crippen molar-refractivity contribution in [3.8, 4) is 5.75 Å². The molecule has 6 nitrogen and oxygen atoms in total. The van der Waals surface area contributed by atoms with Gasteiger partial charge in [-0.3, -0.25) is 0 Å². The van der Waals surface area contributed by atoms with Crippen molar-refractivity contribution in [1.29, 1.82) is 5.41 Å². The number of hydrogen-bond acceptors (Lipinski definition) is 6. The largest absolute Gasteiger partial charge is 0.497 e. The van der Waals surface area contributed by atoms with Crippen molar-refractivity contribution in [2.24, 2.45) is 0 Å². The summed E-state index contributed by atoms with van der Waals surface area (Å²) in [5.41, 5.74) is 1.06. The highest BCUT2D eigenvalue weighted by Gasteiger charge is 2.40. The fourth-order valence-corrected chi connectivity index (χ4v) is 3.15. The Morgan fingerprint density at radius 3 is 2.45 bits per heavy atom. The summed E-state index contributed by atoms with van der Waals surface area (Å²) in [6, 6.07) is 7.60. The SMILES string of the molecule is COc1ccc(CNc2nc(C(C)(C)C)nc(N3CCC(F)(F)C3)c2C=N)cc1. The molecule has 0 unspecified atom stereocenters. The summed E-state index contributed by atoms with van der Waals surface area (Å²) in [6.07, 6.45) is 0.919. The number of halogens is 2. The van der Waals surface area contributed by atoms with Crippen LogP contribution < -0.4 is 15.0 Å². The number of ether oxygens (including phenoxy) is 1. The lowest BCUT2D eigenvalue weighted by molar-refractivity contribution is 0.0256. The number of anilines is 2. The first-order valence-electron chi connectivity index (χ1n) is 9.55. The third kappa shape index (κ3) is 4.81. The molecule has 1 aromatic carbocycles. The fourth-order valence-electron chi connectivity index (χ4n) is 3.15. The number of nitrogens with zero attached hydrogens (tertiary/aromatic N) is 3. The first-order chi connectivity index (χ1) is 13.6. The van der Waals surface area contributed by atoms with Gasteiger partial charge < -0.3 is 20.4 Å². The summed E-state index contributed by atoms with van der Waals surface area (Å²) in [5.74, 6) is -0.577. The van der Waals surface area contributed by atoms with Gasteiger partial charge in [-0.15, -0.1) is 0 Å². The van der Waals surface area contributed by atoms with E-state index >= 15 is 0 Å². The molecule has 1 saturated heterocycles. The predicted octanol–water partition coefficient (Wildman–Crippen LogP) is 4.24. The number of hydrogen-bond donors (Lipinski definition) is 2. The quantitative estimate of drug-likeness (QED) is 0.706. The van der Waals surface area contributed by atoms with E-state index in [0.717, 1.165) is 17.5 Å². The normalized spacial score (nSPS) is 16.0. The lowest BCUT2D eigenvalue weighted by Gasteiger charge is -2.25. The van der Waals surface area contributed by atoms with Gasteiger partial charge in [-0.25, -0.2) is 18.7 Å². The third-order valence-electron chi connectivity index (χ3n) is 4.83. The molecule has 8 heteroatoms. The lowest BCUT2D eigenvalue weighted by atomic mass is 9.95. The lowest BCUT2D eigenvalue weighted by Crippen LogP contribution is -2.29. The molecule has 2 N–H and O–H groups in total. The second-order valence-corrected chi connectivity index (χ2v) is 8.26. The van der Waals surface area contributed by atoms with Crippen molar-refractivity contribution in [1.82, 2.24) is 9.97 Å². The van der Waals surface area contributed by atoms with Crippen LogP contribution >= 0.6 is 0 Å². The van der Waals surface area contributed by atoms with Crippen molar-refractivity contribution in [2.45, 2.75) is 45.1 Å². The number of alkyl halides is 2. The molecule has 2 heterocycles. The number of methoxy groups -OCH3 is 1. The van der Waals surface area contributed by atoms with Crippen LogP contribution in [0.4, 0.5) is 20.4 Å². The van der Waals surface area contributed by atoms with Crippen molar-refractivity contribution in [3.63, 3.8) is 0 Å². The molecule has 0 saturated carbocycles. The molecule has 1 aromatic heterocycles. The molecular formula is C21H27F2N5O. The summed E-state index contributed by atoms with van der Waals surface area (Å²) >= 11 is 0. The van der Waals surface area contributed by atoms with Gasteiger partial charge in [-0.05, 0) is 17.7 Å². The molecule has 1 fully saturated rings. The van der Waals surface area contributed by atoms with E-state index in [1.165, 1.54) is 0 Å². The van der Waals surface area contributed by atoms with Gasteiger partial charge in [0.1, 0.15) is 23.2 Å². The number of rotatable bonds is 6. The van der Waals surface area contributed by atoms with E-state index in [2.05, 4.69) is 15.3 Å². The first-order valence-corrected chi connectivity index (χ1v) is 9.55. The highest BCUT2D eigenvalue weighted by molar-refractivity contribution is 5.91. The Morgan fingerprint density at radius 2 is 1.93 bits per heavy atom. The van der Waals surface area contributed by atoms with Crippen molar-refractivity contribution in [2.75, 3.05) is 30.4 Å². The van der Waals surface area contributed by atoms with E-state index in [1.54, 1.807) is 12.0 Å². The maximum Gasteiger partial charge on any atom is 0.266 e. The van der Waals surface area contributed by atoms with Gasteiger partial charge in [0.2, 0.25) is 0 Å². The molecule has 0 amide bonds. The predicted molar refractivity (Wildman–Crippen MR) is 111 cm³/mol. The molecule has 0 spiro atoms. The molecule has 156 valence electrons. The first kappa shape index (κ1) is 21.0. The molecule has 0 atom stereocenters. The Morgan fingerprint density at radius 1 is 1.24 bits per heavy atom. The van der Waals surface area contributed by atoms with E-state index in [4.69, 9.17) is 10.1 Å². The highest BCUT2D eigenvalue weighted by Crippen LogP contribution is 2.34. The summed E-state index contributed by atoms with van der Waals surface area (Å²) in [5, 5.41) is 11.1. The molecule has 0 radical (unpaired) electrons. The molecule has 2 aromatic rings. The van der Waals surface area contributed by atoms with Crippen molar-refractivity contribution < 1.29 is 13.5 Å². The van der Waals surface area contributed by atoms with Gasteiger partial charge >= 0.3 is 0 Å². The van der Waals surface area contributed by atoms with Crippen LogP contribution in [0.25, 0.3) is 0 Å². The van der Waals surface area contributed by atoms with Crippen LogP contribution in [0, 0.1) is 5.41 Å². The third-order valence-corrected chi connectivity index (χ3v) is 4.83. The highest BCUT2D eigenvalue weighted by atomic mass is 19.3. The van der Waals surface area contributed by atoms with Crippen molar-refractivity contribution >= 4 is 17.9 Å². The number of aromatic nitrogens is 2. The van der Waals surface area contributed by atoms with Crippen LogP contribution in [0.2, 0.25) is 0 Å². The van der Waals surface area contributed by atoms with E-state index in [0.29, 0.717) is 29.6 Å². The Kier molecular flexibility index (Phi) is 5.73. The average Bonchev–Trinajstić information content (AvgIpc) is 3.04. The number of benzene rings is 1. The Hall–Kier alpha value is -2.77. The van der Waals surface area contributed by atoms with Crippen LogP contribution in [0.3, 0.4) is 0 Å². The topological polar surface area (TPSA) is 74.1 Å². The minimum Gasteiger partial charge on any atom is -0.497 e. The fraction of sp³-hybridized carbons (Fsp3) is 0.476. The minimum absolute atomic E-state index is 0.201. The van der Waals surface area contributed by atoms with E-state index in [1.807, 2.05) is 45.0 Å². The van der Waals surface area contributed by atoms with Crippen LogP contribution in [0.1, 0.15) is 44.1 Å². The zero-order valence-corrected chi connectivity index (χ0v) is 17.2. The minimum atomic E-state index is -2.75. The number of nitrogens with one attached hydrogen (secondary N) is 2. The Bertz CT molecular complexity index is 878. The molecule has 3 rings (SSSR count). The standard InChI is InChI=1S/C21H27F2N5O/c1-20(2,3)19-26-17(25-12-14-5-7-15(29-4)8-6-14)16(11-24)18(27-19)28-10-9-21(22,23)13-28/h5-8,11,24H,9-10,12-13H2,1-4H3,(H,25,26,27). The summed E-state index contributed by atoms with van der Waals surface area (Å²) < 4.78 is 32.8. The Labute approximate surface area is 169 Å². The molecular weight excluding hydrogens is 376 g/mol. The summed E-state index contributed by atoms with van der Waals surface area (Å²) in [7, 11) is 1.61. The van der Waals surface area contributed by atoms with Crippen LogP contribution in [0.15, 0.2) is 24.3 Å². The Balaban J connectivity index is 1.95. The van der Waals surface area contributed by atoms with Crippen molar-refractivity contribution in [3.05, 3.63) is 41.2 Å². The summed E-state index contributed by atoms with van der Waals surface area (Å²) in [6.45, 7) is 6.20. The van der Waals surface area contributed by atoms with Gasteiger partial charge in [0.15, 0.2) is 0 Å². The zero-order valence-electron chi connectivity index (χ0n) is 17.2. The van der Waals surface area contributed by atoms with Crippen LogP contribution in [-0.2, 0) is 12.0 Å². The van der Waals surface area contributed by atoms with Crippen LogP contribution in [0.5, 0.6) is 5.75 Å². The maximum atomic E-state index is 13.8. The van der Waals surface area contributed by atoms with Gasteiger partial charge in [0.25, 0.3) is 5.92 Å². The molecule has 29 heavy (non-hydrogen) atoms. The monoisotopic (exact) mass is 403 g/mol. The zero-order chi connectivity index (χ0) is 21.2. The van der Waals surface area contributed by atoms with Gasteiger partial charge in [0, 0.05) is 31.1 Å². The summed E-state index contributed by atoms with van der Waals surface area (Å²) in [4.78, 5) is 10.7. The second-order valence-electron chi connectivity index (χ2n) is 8.26. The molecule has 0 aliphatic carbocycles. The average molecular weight is 403 g/mol. The van der Waals surface area contributed by atoms with E-state index in [9.17, 15) is 8.78 Å². The van der Waals surface area contributed by atoms with Gasteiger partial charge in [-0.1, -0.05) is 32.9 Å². The van der Waals surface area contributed by atoms with Gasteiger partial charge in [-0.2, -0.15) is 0 Å². The second kappa shape index (κ2) is 7.93. The van der Waals surface area contributed by atoms with E-state index in [-0.39, 0.29) is 18.4 Å². The molecule has 0 bridgehead atoms. The van der Waals surface area contributed by atoms with Crippen LogP contribution in [-0.4, -0.2) is 42.3 Å². The maximum absolute atomic E-state index is 13.8. The molecule has 1 aliphatic rings. The molecule has 1 aliphatic heterocycles.